The third-order valence-corrected chi connectivity index (χ3v) is 3.76. The Bertz CT molecular complexity index is 597. The molecule has 1 aromatic rings. The maximum atomic E-state index is 12.2. The van der Waals surface area contributed by atoms with Crippen LogP contribution in [0.5, 0.6) is 0 Å². The smallest absolute Gasteiger partial charge is 0.410 e. The molecule has 1 aromatic heterocycles. The lowest BCUT2D eigenvalue weighted by molar-refractivity contribution is 0.0237. The minimum atomic E-state index is -0.564. The Kier molecular flexibility index (Phi) is 5.26. The SMILES string of the molecule is COC(=O)c1ncc(N2CC[C@@H](N(C)C(=O)OC(C)(C)C)C2)cn1. The molecule has 2 heterocycles. The van der Waals surface area contributed by atoms with Crippen LogP contribution in [-0.4, -0.2) is 65.8 Å². The number of methoxy groups -OCH3 is 1. The van der Waals surface area contributed by atoms with Gasteiger partial charge in [0.1, 0.15) is 5.60 Å². The molecule has 1 atom stereocenters. The molecule has 2 rings (SSSR count). The van der Waals surface area contributed by atoms with Gasteiger partial charge in [0, 0.05) is 20.1 Å². The topological polar surface area (TPSA) is 84.9 Å². The molecule has 132 valence electrons. The van der Waals surface area contributed by atoms with Gasteiger partial charge in [0.2, 0.25) is 5.82 Å². The molecule has 0 N–H and O–H groups in total. The van der Waals surface area contributed by atoms with Gasteiger partial charge in [0.15, 0.2) is 0 Å². The fourth-order valence-corrected chi connectivity index (χ4v) is 2.46. The van der Waals surface area contributed by atoms with Crippen molar-refractivity contribution in [3.8, 4) is 0 Å². The van der Waals surface area contributed by atoms with E-state index in [-0.39, 0.29) is 18.0 Å². The number of ether oxygens (including phenoxy) is 2. The number of hydrogen-bond acceptors (Lipinski definition) is 7. The number of nitrogens with zero attached hydrogens (tertiary/aromatic N) is 4. The number of rotatable bonds is 3. The molecule has 1 aliphatic heterocycles. The number of likely N-dealkylation sites (N-methyl/N-ethyl adjacent to an activating group) is 1. The third kappa shape index (κ3) is 4.33. The van der Waals surface area contributed by atoms with Gasteiger partial charge in [-0.1, -0.05) is 0 Å². The van der Waals surface area contributed by atoms with Crippen LogP contribution in [0.2, 0.25) is 0 Å². The summed E-state index contributed by atoms with van der Waals surface area (Å²) in [5.74, 6) is -0.534. The Balaban J connectivity index is 1.97. The van der Waals surface area contributed by atoms with E-state index in [0.29, 0.717) is 6.54 Å². The van der Waals surface area contributed by atoms with Crippen LogP contribution >= 0.6 is 0 Å². The molecular formula is C16H24N4O4. The van der Waals surface area contributed by atoms with Crippen LogP contribution in [0.25, 0.3) is 0 Å². The van der Waals surface area contributed by atoms with E-state index in [1.807, 2.05) is 20.8 Å². The molecule has 0 unspecified atom stereocenters. The summed E-state index contributed by atoms with van der Waals surface area (Å²) in [5, 5.41) is 0. The Morgan fingerprint density at radius 3 is 2.46 bits per heavy atom. The number of hydrogen-bond donors (Lipinski definition) is 0. The van der Waals surface area contributed by atoms with Crippen LogP contribution in [0.15, 0.2) is 12.4 Å². The van der Waals surface area contributed by atoms with E-state index in [2.05, 4.69) is 19.6 Å². The molecule has 0 spiro atoms. The van der Waals surface area contributed by atoms with Crippen LogP contribution in [0.4, 0.5) is 10.5 Å². The van der Waals surface area contributed by atoms with Gasteiger partial charge in [-0.2, -0.15) is 0 Å². The van der Waals surface area contributed by atoms with Crippen molar-refractivity contribution in [2.45, 2.75) is 38.8 Å². The van der Waals surface area contributed by atoms with Crippen LogP contribution in [0.1, 0.15) is 37.8 Å². The molecule has 1 saturated heterocycles. The monoisotopic (exact) mass is 336 g/mol. The number of anilines is 1. The number of aromatic nitrogens is 2. The van der Waals surface area contributed by atoms with Crippen LogP contribution < -0.4 is 4.90 Å². The van der Waals surface area contributed by atoms with Gasteiger partial charge in [-0.25, -0.2) is 19.6 Å². The van der Waals surface area contributed by atoms with Crippen molar-refractivity contribution in [3.63, 3.8) is 0 Å². The highest BCUT2D eigenvalue weighted by atomic mass is 16.6. The van der Waals surface area contributed by atoms with E-state index in [1.165, 1.54) is 7.11 Å². The van der Waals surface area contributed by atoms with Crippen molar-refractivity contribution in [2.24, 2.45) is 0 Å². The number of amides is 1. The molecule has 1 fully saturated rings. The lowest BCUT2D eigenvalue weighted by Gasteiger charge is -2.28. The minimum absolute atomic E-state index is 0.0304. The Labute approximate surface area is 141 Å². The highest BCUT2D eigenvalue weighted by Crippen LogP contribution is 2.22. The summed E-state index contributed by atoms with van der Waals surface area (Å²) in [6.45, 7) is 6.98. The first-order chi connectivity index (χ1) is 11.2. The second-order valence-electron chi connectivity index (χ2n) is 6.74. The molecule has 0 bridgehead atoms. The van der Waals surface area contributed by atoms with Gasteiger partial charge in [-0.3, -0.25) is 0 Å². The summed E-state index contributed by atoms with van der Waals surface area (Å²) in [4.78, 5) is 35.2. The zero-order valence-electron chi connectivity index (χ0n) is 14.8. The average molecular weight is 336 g/mol. The van der Waals surface area contributed by atoms with Crippen molar-refractivity contribution in [1.82, 2.24) is 14.9 Å². The van der Waals surface area contributed by atoms with Crippen molar-refractivity contribution >= 4 is 17.7 Å². The normalized spacial score (nSPS) is 17.5. The molecule has 8 nitrogen and oxygen atoms in total. The number of carbonyl (C=O) groups excluding carboxylic acids is 2. The molecule has 1 aliphatic rings. The van der Waals surface area contributed by atoms with E-state index in [4.69, 9.17) is 4.74 Å². The summed E-state index contributed by atoms with van der Waals surface area (Å²) in [6, 6.07) is 0.0557. The maximum Gasteiger partial charge on any atom is 0.410 e. The van der Waals surface area contributed by atoms with Gasteiger partial charge in [0.05, 0.1) is 31.2 Å². The first-order valence-corrected chi connectivity index (χ1v) is 7.82. The Morgan fingerprint density at radius 2 is 1.92 bits per heavy atom. The van der Waals surface area contributed by atoms with E-state index >= 15 is 0 Å². The van der Waals surface area contributed by atoms with Crippen LogP contribution in [0, 0.1) is 0 Å². The fourth-order valence-electron chi connectivity index (χ4n) is 2.46. The summed E-state index contributed by atoms with van der Waals surface area (Å²) in [6.07, 6.45) is 3.69. The molecular weight excluding hydrogens is 312 g/mol. The third-order valence-electron chi connectivity index (χ3n) is 3.76. The highest BCUT2D eigenvalue weighted by molar-refractivity contribution is 5.85. The Morgan fingerprint density at radius 1 is 1.29 bits per heavy atom. The van der Waals surface area contributed by atoms with Crippen molar-refractivity contribution in [2.75, 3.05) is 32.1 Å². The molecule has 0 radical (unpaired) electrons. The van der Waals surface area contributed by atoms with Gasteiger partial charge in [0.25, 0.3) is 0 Å². The van der Waals surface area contributed by atoms with Crippen molar-refractivity contribution in [3.05, 3.63) is 18.2 Å². The van der Waals surface area contributed by atoms with Gasteiger partial charge < -0.3 is 19.3 Å². The second-order valence-corrected chi connectivity index (χ2v) is 6.74. The lowest BCUT2D eigenvalue weighted by Crippen LogP contribution is -2.42. The predicted molar refractivity (Wildman–Crippen MR) is 88.0 cm³/mol. The predicted octanol–water partition coefficient (Wildman–Crippen LogP) is 1.71. The molecule has 8 heteroatoms. The highest BCUT2D eigenvalue weighted by Gasteiger charge is 2.31. The van der Waals surface area contributed by atoms with E-state index < -0.39 is 11.6 Å². The largest absolute Gasteiger partial charge is 0.463 e. The molecule has 0 aliphatic carbocycles. The van der Waals surface area contributed by atoms with Crippen molar-refractivity contribution < 1.29 is 19.1 Å². The quantitative estimate of drug-likeness (QED) is 0.777. The fraction of sp³-hybridized carbons (Fsp3) is 0.625. The molecule has 1 amide bonds. The average Bonchev–Trinajstić information content (AvgIpc) is 3.01. The van der Waals surface area contributed by atoms with Gasteiger partial charge in [-0.15, -0.1) is 0 Å². The lowest BCUT2D eigenvalue weighted by atomic mass is 10.2. The summed E-state index contributed by atoms with van der Waals surface area (Å²) < 4.78 is 9.98. The van der Waals surface area contributed by atoms with Crippen LogP contribution in [-0.2, 0) is 9.47 Å². The van der Waals surface area contributed by atoms with E-state index in [9.17, 15) is 9.59 Å². The maximum absolute atomic E-state index is 12.2. The number of esters is 1. The Hall–Kier alpha value is -2.38. The van der Waals surface area contributed by atoms with Gasteiger partial charge in [-0.05, 0) is 27.2 Å². The zero-order chi connectivity index (χ0) is 17.9. The summed E-state index contributed by atoms with van der Waals surface area (Å²) >= 11 is 0. The first kappa shape index (κ1) is 18.0. The van der Waals surface area contributed by atoms with E-state index in [0.717, 1.165) is 18.7 Å². The summed E-state index contributed by atoms with van der Waals surface area (Å²) in [5.41, 5.74) is 0.295. The van der Waals surface area contributed by atoms with Gasteiger partial charge >= 0.3 is 12.1 Å². The van der Waals surface area contributed by atoms with Crippen LogP contribution in [0.3, 0.4) is 0 Å². The molecule has 0 saturated carbocycles. The van der Waals surface area contributed by atoms with Crippen molar-refractivity contribution in [1.29, 1.82) is 0 Å². The molecule has 0 aromatic carbocycles. The zero-order valence-corrected chi connectivity index (χ0v) is 14.8. The first-order valence-electron chi connectivity index (χ1n) is 7.82. The second kappa shape index (κ2) is 7.02. The standard InChI is InChI=1S/C16H24N4O4/c1-16(2,3)24-15(22)19(4)11-6-7-20(10-11)12-8-17-13(18-9-12)14(21)23-5/h8-9,11H,6-7,10H2,1-5H3/t11-/m1/s1. The molecule has 24 heavy (non-hydrogen) atoms. The van der Waals surface area contributed by atoms with E-state index in [1.54, 1.807) is 24.3 Å². The minimum Gasteiger partial charge on any atom is -0.463 e. The summed E-state index contributed by atoms with van der Waals surface area (Å²) in [7, 11) is 3.04. The number of carbonyl (C=O) groups is 2.